The average Bonchev–Trinajstić information content (AvgIpc) is 1.98. The second-order valence-corrected chi connectivity index (χ2v) is 2.77. The number of hydrogen-bond acceptors (Lipinski definition) is 1. The summed E-state index contributed by atoms with van der Waals surface area (Å²) in [6, 6.07) is 0. The first-order chi connectivity index (χ1) is 4.81. The Morgan fingerprint density at radius 3 is 2.70 bits per heavy atom. The standard InChI is InChI=1S/C8H13BrO/c1-2-3-4-5-6-8(10)7-9/h2H,1,3-7H2. The van der Waals surface area contributed by atoms with Gasteiger partial charge in [0.1, 0.15) is 5.78 Å². The molecule has 1 nitrogen and oxygen atoms in total. The highest BCUT2D eigenvalue weighted by atomic mass is 79.9. The van der Waals surface area contributed by atoms with Gasteiger partial charge in [0, 0.05) is 6.42 Å². The topological polar surface area (TPSA) is 17.1 Å². The van der Waals surface area contributed by atoms with Crippen LogP contribution in [0.4, 0.5) is 0 Å². The van der Waals surface area contributed by atoms with Crippen molar-refractivity contribution in [2.24, 2.45) is 0 Å². The first-order valence-electron chi connectivity index (χ1n) is 3.49. The minimum atomic E-state index is 0.295. The zero-order chi connectivity index (χ0) is 7.82. The number of carbonyl (C=O) groups is 1. The molecule has 0 N–H and O–H groups in total. The monoisotopic (exact) mass is 204 g/mol. The van der Waals surface area contributed by atoms with E-state index in [1.807, 2.05) is 6.08 Å². The van der Waals surface area contributed by atoms with Crippen LogP contribution in [0.25, 0.3) is 0 Å². The van der Waals surface area contributed by atoms with Crippen LogP contribution in [0.2, 0.25) is 0 Å². The fourth-order valence-corrected chi connectivity index (χ4v) is 0.958. The van der Waals surface area contributed by atoms with Crippen LogP contribution in [0.5, 0.6) is 0 Å². The average molecular weight is 205 g/mol. The molecule has 0 aromatic carbocycles. The van der Waals surface area contributed by atoms with E-state index in [-0.39, 0.29) is 0 Å². The lowest BCUT2D eigenvalue weighted by Gasteiger charge is -1.93. The summed E-state index contributed by atoms with van der Waals surface area (Å²) >= 11 is 3.11. The van der Waals surface area contributed by atoms with Gasteiger partial charge in [0.15, 0.2) is 0 Å². The lowest BCUT2D eigenvalue weighted by molar-refractivity contribution is -0.116. The quantitative estimate of drug-likeness (QED) is 0.370. The predicted molar refractivity (Wildman–Crippen MR) is 47.5 cm³/mol. The maximum atomic E-state index is 10.7. The first kappa shape index (κ1) is 9.89. The van der Waals surface area contributed by atoms with Gasteiger partial charge < -0.3 is 0 Å². The van der Waals surface area contributed by atoms with Gasteiger partial charge in [0.05, 0.1) is 5.33 Å². The number of carbonyl (C=O) groups excluding carboxylic acids is 1. The highest BCUT2D eigenvalue weighted by Crippen LogP contribution is 2.01. The molecule has 0 saturated carbocycles. The summed E-state index contributed by atoms with van der Waals surface area (Å²) in [7, 11) is 0. The highest BCUT2D eigenvalue weighted by molar-refractivity contribution is 9.09. The van der Waals surface area contributed by atoms with Gasteiger partial charge in [-0.3, -0.25) is 4.79 Å². The van der Waals surface area contributed by atoms with Crippen LogP contribution >= 0.6 is 15.9 Å². The van der Waals surface area contributed by atoms with Crippen LogP contribution in [-0.2, 0) is 4.79 Å². The molecule has 0 atom stereocenters. The van der Waals surface area contributed by atoms with Gasteiger partial charge in [0.2, 0.25) is 0 Å². The summed E-state index contributed by atoms with van der Waals surface area (Å²) in [5.41, 5.74) is 0. The number of Topliss-reactive ketones (excluding diaryl/α,β-unsaturated/α-hetero) is 1. The summed E-state index contributed by atoms with van der Waals surface area (Å²) in [6.45, 7) is 3.60. The zero-order valence-electron chi connectivity index (χ0n) is 6.11. The van der Waals surface area contributed by atoms with Crippen LogP contribution in [-0.4, -0.2) is 11.1 Å². The molecule has 0 aliphatic rings. The van der Waals surface area contributed by atoms with Crippen molar-refractivity contribution < 1.29 is 4.79 Å². The molecular formula is C8H13BrO. The summed E-state index contributed by atoms with van der Waals surface area (Å²) < 4.78 is 0. The number of unbranched alkanes of at least 4 members (excludes halogenated alkanes) is 2. The maximum absolute atomic E-state index is 10.7. The van der Waals surface area contributed by atoms with E-state index in [4.69, 9.17) is 0 Å². The Balaban J connectivity index is 3.03. The molecule has 10 heavy (non-hydrogen) atoms. The van der Waals surface area contributed by atoms with Crippen LogP contribution in [0.1, 0.15) is 25.7 Å². The number of hydrogen-bond donors (Lipinski definition) is 0. The molecular weight excluding hydrogens is 192 g/mol. The molecule has 0 aliphatic heterocycles. The third-order valence-electron chi connectivity index (χ3n) is 1.26. The molecule has 0 heterocycles. The van der Waals surface area contributed by atoms with E-state index in [2.05, 4.69) is 22.5 Å². The Kier molecular flexibility index (Phi) is 6.93. The van der Waals surface area contributed by atoms with Gasteiger partial charge in [-0.1, -0.05) is 22.0 Å². The van der Waals surface area contributed by atoms with Crippen molar-refractivity contribution in [1.29, 1.82) is 0 Å². The summed E-state index contributed by atoms with van der Waals surface area (Å²) in [5.74, 6) is 0.295. The molecule has 0 fully saturated rings. The molecule has 0 aromatic rings. The van der Waals surface area contributed by atoms with Crippen LogP contribution in [0, 0.1) is 0 Å². The summed E-state index contributed by atoms with van der Waals surface area (Å²) in [4.78, 5) is 10.7. The molecule has 0 saturated heterocycles. The molecule has 0 radical (unpaired) electrons. The van der Waals surface area contributed by atoms with Crippen molar-refractivity contribution >= 4 is 21.7 Å². The van der Waals surface area contributed by atoms with E-state index in [1.165, 1.54) is 0 Å². The molecule has 0 aliphatic carbocycles. The molecule has 0 unspecified atom stereocenters. The van der Waals surface area contributed by atoms with Crippen LogP contribution in [0.15, 0.2) is 12.7 Å². The van der Waals surface area contributed by atoms with Crippen molar-refractivity contribution in [3.8, 4) is 0 Å². The van der Waals surface area contributed by atoms with E-state index in [9.17, 15) is 4.79 Å². The lowest BCUT2D eigenvalue weighted by Crippen LogP contribution is -1.97. The maximum Gasteiger partial charge on any atom is 0.143 e. The van der Waals surface area contributed by atoms with Crippen LogP contribution < -0.4 is 0 Å². The van der Waals surface area contributed by atoms with Gasteiger partial charge in [-0.05, 0) is 19.3 Å². The third kappa shape index (κ3) is 6.02. The first-order valence-corrected chi connectivity index (χ1v) is 4.62. The Morgan fingerprint density at radius 1 is 1.50 bits per heavy atom. The highest BCUT2D eigenvalue weighted by Gasteiger charge is 1.96. The molecule has 0 amide bonds. The number of allylic oxidation sites excluding steroid dienone is 1. The number of alkyl halides is 1. The van der Waals surface area contributed by atoms with Crippen molar-refractivity contribution in [3.63, 3.8) is 0 Å². The van der Waals surface area contributed by atoms with Crippen LogP contribution in [0.3, 0.4) is 0 Å². The minimum absolute atomic E-state index is 0.295. The fraction of sp³-hybridized carbons (Fsp3) is 0.625. The molecule has 0 bridgehead atoms. The normalized spacial score (nSPS) is 9.30. The lowest BCUT2D eigenvalue weighted by atomic mass is 10.1. The van der Waals surface area contributed by atoms with E-state index < -0.39 is 0 Å². The fourth-order valence-electron chi connectivity index (χ4n) is 0.678. The number of halogens is 1. The van der Waals surface area contributed by atoms with E-state index in [0.29, 0.717) is 17.5 Å². The van der Waals surface area contributed by atoms with Crippen molar-refractivity contribution in [2.45, 2.75) is 25.7 Å². The van der Waals surface area contributed by atoms with Gasteiger partial charge in [-0.2, -0.15) is 0 Å². The molecule has 58 valence electrons. The second-order valence-electron chi connectivity index (χ2n) is 2.21. The Morgan fingerprint density at radius 2 is 2.20 bits per heavy atom. The summed E-state index contributed by atoms with van der Waals surface area (Å²) in [5, 5.41) is 0.501. The number of ketones is 1. The SMILES string of the molecule is C=CCCCCC(=O)CBr. The minimum Gasteiger partial charge on any atom is -0.299 e. The molecule has 2 heteroatoms. The second kappa shape index (κ2) is 7.00. The van der Waals surface area contributed by atoms with E-state index >= 15 is 0 Å². The van der Waals surface area contributed by atoms with Crippen molar-refractivity contribution in [2.75, 3.05) is 5.33 Å². The summed E-state index contributed by atoms with van der Waals surface area (Å²) in [6.07, 6.45) is 5.70. The molecule has 0 rings (SSSR count). The Hall–Kier alpha value is -0.110. The van der Waals surface area contributed by atoms with Gasteiger partial charge >= 0.3 is 0 Å². The molecule has 0 aromatic heterocycles. The van der Waals surface area contributed by atoms with Gasteiger partial charge in [-0.15, -0.1) is 6.58 Å². The Bertz CT molecular complexity index is 110. The third-order valence-corrected chi connectivity index (χ3v) is 1.89. The predicted octanol–water partition coefficient (Wildman–Crippen LogP) is 2.70. The molecule has 0 spiro atoms. The van der Waals surface area contributed by atoms with E-state index in [1.54, 1.807) is 0 Å². The zero-order valence-corrected chi connectivity index (χ0v) is 7.69. The van der Waals surface area contributed by atoms with Gasteiger partial charge in [0.25, 0.3) is 0 Å². The van der Waals surface area contributed by atoms with Gasteiger partial charge in [-0.25, -0.2) is 0 Å². The number of rotatable bonds is 6. The smallest absolute Gasteiger partial charge is 0.143 e. The largest absolute Gasteiger partial charge is 0.299 e. The Labute approximate surface area is 70.6 Å². The van der Waals surface area contributed by atoms with E-state index in [0.717, 1.165) is 19.3 Å². The van der Waals surface area contributed by atoms with Crippen molar-refractivity contribution in [1.82, 2.24) is 0 Å². The van der Waals surface area contributed by atoms with Crippen molar-refractivity contribution in [3.05, 3.63) is 12.7 Å².